The third-order valence-corrected chi connectivity index (χ3v) is 8.10. The average molecular weight is 538 g/mol. The lowest BCUT2D eigenvalue weighted by molar-refractivity contribution is 0.284. The molecule has 188 valence electrons. The number of aromatic nitrogens is 2. The van der Waals surface area contributed by atoms with Crippen molar-refractivity contribution in [1.29, 1.82) is 0 Å². The molecule has 1 fully saturated rings. The zero-order chi connectivity index (χ0) is 24.8. The Balaban J connectivity index is 1.28. The predicted molar refractivity (Wildman–Crippen MR) is 143 cm³/mol. The number of sulfonamides is 1. The van der Waals surface area contributed by atoms with Gasteiger partial charge in [0.25, 0.3) is 0 Å². The minimum atomic E-state index is -3.65. The predicted octanol–water partition coefficient (Wildman–Crippen LogP) is 4.50. The Morgan fingerprint density at radius 3 is 2.26 bits per heavy atom. The molecule has 2 aromatic carbocycles. The van der Waals surface area contributed by atoms with Crippen LogP contribution < -0.4 is 21.1 Å². The van der Waals surface area contributed by atoms with Gasteiger partial charge in [-0.05, 0) is 67.9 Å². The van der Waals surface area contributed by atoms with E-state index in [0.29, 0.717) is 47.5 Å². The van der Waals surface area contributed by atoms with E-state index in [1.807, 2.05) is 24.3 Å². The van der Waals surface area contributed by atoms with E-state index in [1.165, 1.54) is 18.2 Å². The second-order valence-electron chi connectivity index (χ2n) is 8.85. The molecule has 3 aromatic rings. The maximum absolute atomic E-state index is 12.6. The molecule has 8 nitrogen and oxygen atoms in total. The van der Waals surface area contributed by atoms with Gasteiger partial charge in [0, 0.05) is 41.6 Å². The maximum Gasteiger partial charge on any atom is 0.240 e. The summed E-state index contributed by atoms with van der Waals surface area (Å²) in [6.45, 7) is 2.33. The molecule has 0 atom stereocenters. The van der Waals surface area contributed by atoms with Gasteiger partial charge in [-0.3, -0.25) is 0 Å². The lowest BCUT2D eigenvalue weighted by Crippen LogP contribution is -2.32. The molecule has 0 aliphatic heterocycles. The summed E-state index contributed by atoms with van der Waals surface area (Å²) in [6.07, 6.45) is 3.92. The number of para-hydroxylation sites is 1. The van der Waals surface area contributed by atoms with E-state index >= 15 is 0 Å². The van der Waals surface area contributed by atoms with Crippen molar-refractivity contribution < 1.29 is 8.42 Å². The number of fused-ring (bicyclic) bond motifs is 1. The summed E-state index contributed by atoms with van der Waals surface area (Å²) in [5, 5.41) is 8.23. The van der Waals surface area contributed by atoms with E-state index < -0.39 is 10.0 Å². The van der Waals surface area contributed by atoms with Gasteiger partial charge in [0.1, 0.15) is 5.82 Å². The number of nitrogens with one attached hydrogen (secondary N) is 3. The molecule has 1 saturated carbocycles. The fraction of sp³-hybridized carbons (Fsp3) is 0.417. The van der Waals surface area contributed by atoms with Crippen LogP contribution in [0.5, 0.6) is 0 Å². The minimum absolute atomic E-state index is 0.0867. The molecule has 0 bridgehead atoms. The maximum atomic E-state index is 12.6. The number of anilines is 2. The zero-order valence-corrected chi connectivity index (χ0v) is 21.6. The van der Waals surface area contributed by atoms with E-state index in [4.69, 9.17) is 28.9 Å². The molecule has 0 amide bonds. The highest BCUT2D eigenvalue weighted by Gasteiger charge is 2.24. The highest BCUT2D eigenvalue weighted by molar-refractivity contribution is 7.89. The molecular formula is C24H30Cl2N6O2S. The summed E-state index contributed by atoms with van der Waals surface area (Å²) < 4.78 is 28.0. The summed E-state index contributed by atoms with van der Waals surface area (Å²) >= 11 is 11.9. The van der Waals surface area contributed by atoms with Gasteiger partial charge in [0.05, 0.1) is 10.4 Å². The summed E-state index contributed by atoms with van der Waals surface area (Å²) in [4.78, 5) is 9.39. The molecular weight excluding hydrogens is 507 g/mol. The topological polar surface area (TPSA) is 122 Å². The van der Waals surface area contributed by atoms with Crippen LogP contribution >= 0.6 is 23.2 Å². The van der Waals surface area contributed by atoms with Crippen molar-refractivity contribution in [1.82, 2.24) is 14.7 Å². The van der Waals surface area contributed by atoms with E-state index in [0.717, 1.165) is 48.9 Å². The van der Waals surface area contributed by atoms with E-state index in [2.05, 4.69) is 25.3 Å². The van der Waals surface area contributed by atoms with Crippen LogP contribution in [0.3, 0.4) is 0 Å². The Labute approximate surface area is 216 Å². The molecule has 1 aliphatic rings. The summed E-state index contributed by atoms with van der Waals surface area (Å²) in [5.41, 5.74) is 6.52. The van der Waals surface area contributed by atoms with Gasteiger partial charge >= 0.3 is 0 Å². The number of halogens is 2. The molecule has 35 heavy (non-hydrogen) atoms. The molecule has 11 heteroatoms. The Kier molecular flexibility index (Phi) is 8.67. The first-order chi connectivity index (χ1) is 16.8. The van der Waals surface area contributed by atoms with Gasteiger partial charge in [-0.15, -0.1) is 0 Å². The second-order valence-corrected chi connectivity index (χ2v) is 11.5. The van der Waals surface area contributed by atoms with Gasteiger partial charge < -0.3 is 16.4 Å². The van der Waals surface area contributed by atoms with Crippen LogP contribution in [0.15, 0.2) is 47.4 Å². The van der Waals surface area contributed by atoms with Gasteiger partial charge in [-0.2, -0.15) is 4.98 Å². The Morgan fingerprint density at radius 1 is 0.914 bits per heavy atom. The van der Waals surface area contributed by atoms with Crippen molar-refractivity contribution in [3.05, 3.63) is 52.5 Å². The fourth-order valence-corrected chi connectivity index (χ4v) is 6.19. The molecule has 1 aliphatic carbocycles. The SMILES string of the molecule is NCCNc1nc(NC[C@H]2CC[C@H](CNS(=O)(=O)c3cc(Cl)cc(Cl)c3)CC2)nc2ccccc12. The van der Waals surface area contributed by atoms with Gasteiger partial charge in [-0.1, -0.05) is 35.3 Å². The minimum Gasteiger partial charge on any atom is -0.368 e. The number of hydrogen-bond acceptors (Lipinski definition) is 7. The summed E-state index contributed by atoms with van der Waals surface area (Å²) in [7, 11) is -3.65. The number of nitrogens with two attached hydrogens (primary N) is 1. The molecule has 5 N–H and O–H groups in total. The van der Waals surface area contributed by atoms with Crippen LogP contribution in [0.25, 0.3) is 10.9 Å². The Bertz CT molecular complexity index is 1250. The largest absolute Gasteiger partial charge is 0.368 e. The third-order valence-electron chi connectivity index (χ3n) is 6.26. The zero-order valence-electron chi connectivity index (χ0n) is 19.3. The normalized spacial score (nSPS) is 18.5. The van der Waals surface area contributed by atoms with Crippen LogP contribution in [0.2, 0.25) is 10.0 Å². The van der Waals surface area contributed by atoms with Crippen LogP contribution in [0.1, 0.15) is 25.7 Å². The first-order valence-corrected chi connectivity index (χ1v) is 14.0. The van der Waals surface area contributed by atoms with Gasteiger partial charge in [-0.25, -0.2) is 18.1 Å². The van der Waals surface area contributed by atoms with Crippen LogP contribution in [-0.2, 0) is 10.0 Å². The lowest BCUT2D eigenvalue weighted by atomic mass is 9.82. The Morgan fingerprint density at radius 2 is 1.57 bits per heavy atom. The van der Waals surface area contributed by atoms with Crippen molar-refractivity contribution >= 4 is 55.9 Å². The highest BCUT2D eigenvalue weighted by Crippen LogP contribution is 2.30. The number of nitrogens with zero attached hydrogens (tertiary/aromatic N) is 2. The molecule has 0 spiro atoms. The summed E-state index contributed by atoms with van der Waals surface area (Å²) in [6, 6.07) is 12.2. The third kappa shape index (κ3) is 6.95. The standard InChI is InChI=1S/C24H30Cl2N6O2S/c25-18-11-19(26)13-20(12-18)35(33,34)30-15-17-7-5-16(6-8-17)14-29-24-31-22-4-2-1-3-21(22)23(32-24)28-10-9-27/h1-4,11-13,16-17,30H,5-10,14-15,27H2,(H2,28,29,31,32)/t16-,17-. The first-order valence-electron chi connectivity index (χ1n) is 11.7. The molecule has 0 saturated heterocycles. The quantitative estimate of drug-likeness (QED) is 0.300. The average Bonchev–Trinajstić information content (AvgIpc) is 2.85. The van der Waals surface area contributed by atoms with Crippen LogP contribution in [0.4, 0.5) is 11.8 Å². The first kappa shape index (κ1) is 25.9. The van der Waals surface area contributed by atoms with E-state index in [9.17, 15) is 8.42 Å². The smallest absolute Gasteiger partial charge is 0.240 e. The van der Waals surface area contributed by atoms with Gasteiger partial charge in [0.15, 0.2) is 0 Å². The number of hydrogen-bond donors (Lipinski definition) is 4. The second kappa shape index (κ2) is 11.7. The number of benzene rings is 2. The van der Waals surface area contributed by atoms with Crippen LogP contribution in [0, 0.1) is 11.8 Å². The van der Waals surface area contributed by atoms with Crippen LogP contribution in [-0.4, -0.2) is 44.6 Å². The molecule has 0 radical (unpaired) electrons. The van der Waals surface area contributed by atoms with Crippen molar-refractivity contribution in [2.75, 3.05) is 36.8 Å². The highest BCUT2D eigenvalue weighted by atomic mass is 35.5. The molecule has 0 unspecified atom stereocenters. The summed E-state index contributed by atoms with van der Waals surface area (Å²) in [5.74, 6) is 2.14. The van der Waals surface area contributed by atoms with E-state index in [-0.39, 0.29) is 4.90 Å². The lowest BCUT2D eigenvalue weighted by Gasteiger charge is -2.28. The molecule has 1 aromatic heterocycles. The monoisotopic (exact) mass is 536 g/mol. The molecule has 1 heterocycles. The van der Waals surface area contributed by atoms with E-state index in [1.54, 1.807) is 0 Å². The number of rotatable bonds is 10. The van der Waals surface area contributed by atoms with Crippen molar-refractivity contribution in [3.63, 3.8) is 0 Å². The van der Waals surface area contributed by atoms with Gasteiger partial charge in [0.2, 0.25) is 16.0 Å². The molecule has 4 rings (SSSR count). The Hall–Kier alpha value is -2.17. The van der Waals surface area contributed by atoms with Crippen molar-refractivity contribution in [2.45, 2.75) is 30.6 Å². The fourth-order valence-electron chi connectivity index (χ4n) is 4.35. The van der Waals surface area contributed by atoms with Crippen molar-refractivity contribution in [2.24, 2.45) is 17.6 Å². The van der Waals surface area contributed by atoms with Crippen molar-refractivity contribution in [3.8, 4) is 0 Å².